The first-order valence-electron chi connectivity index (χ1n) is 9.86. The molecule has 0 unspecified atom stereocenters. The summed E-state index contributed by atoms with van der Waals surface area (Å²) in [6.07, 6.45) is 1.71. The monoisotopic (exact) mass is 419 g/mol. The number of amides is 2. The number of hydrogen-bond acceptors (Lipinski definition) is 4. The van der Waals surface area contributed by atoms with E-state index in [2.05, 4.69) is 16.9 Å². The van der Waals surface area contributed by atoms with E-state index in [0.717, 1.165) is 22.1 Å². The van der Waals surface area contributed by atoms with Gasteiger partial charge in [-0.25, -0.2) is 0 Å². The number of rotatable bonds is 7. The molecule has 0 radical (unpaired) electrons. The fourth-order valence-corrected chi connectivity index (χ4v) is 3.30. The van der Waals surface area contributed by atoms with Crippen LogP contribution in [0.1, 0.15) is 12.5 Å². The van der Waals surface area contributed by atoms with Crippen molar-refractivity contribution in [3.05, 3.63) is 76.9 Å². The van der Waals surface area contributed by atoms with E-state index in [9.17, 15) is 14.4 Å². The van der Waals surface area contributed by atoms with Gasteiger partial charge in [0.25, 0.3) is 11.5 Å². The van der Waals surface area contributed by atoms with E-state index >= 15 is 0 Å². The highest BCUT2D eigenvalue weighted by molar-refractivity contribution is 5.97. The first-order chi connectivity index (χ1) is 14.8. The van der Waals surface area contributed by atoms with Crippen molar-refractivity contribution in [2.24, 2.45) is 0 Å². The normalized spacial score (nSPS) is 10.5. The lowest BCUT2D eigenvalue weighted by Gasteiger charge is -2.18. The second-order valence-corrected chi connectivity index (χ2v) is 7.29. The number of pyridine rings is 1. The van der Waals surface area contributed by atoms with Crippen LogP contribution in [-0.4, -0.2) is 41.8 Å². The molecule has 1 heterocycles. The number of fused-ring (bicyclic) bond motifs is 1. The molecule has 0 saturated heterocycles. The van der Waals surface area contributed by atoms with Gasteiger partial charge < -0.3 is 19.9 Å². The highest BCUT2D eigenvalue weighted by Gasteiger charge is 2.16. The van der Waals surface area contributed by atoms with Crippen LogP contribution >= 0.6 is 0 Å². The number of benzene rings is 2. The standard InChI is InChI=1S/C24H25N3O4/c1-15-7-5-6-8-19(15)22-14-26-23(29)21-13-18(9-10-20(21)22)31-16(2)24(30)27(4)12-11-25-17(3)28/h5-10,13-14H,2,11-12H2,1,3-4H3,(H,25,28)(H,26,29). The first kappa shape index (κ1) is 21.8. The SMILES string of the molecule is C=C(Oc1ccc2c(-c3ccccc3C)c[nH]c(=O)c2c1)C(=O)N(C)CCNC(C)=O. The predicted molar refractivity (Wildman–Crippen MR) is 121 cm³/mol. The molecular weight excluding hydrogens is 394 g/mol. The largest absolute Gasteiger partial charge is 0.452 e. The Balaban J connectivity index is 1.83. The Labute approximate surface area is 180 Å². The number of aromatic nitrogens is 1. The van der Waals surface area contributed by atoms with Gasteiger partial charge in [0.1, 0.15) is 5.75 Å². The summed E-state index contributed by atoms with van der Waals surface area (Å²) in [7, 11) is 1.60. The van der Waals surface area contributed by atoms with Crippen LogP contribution in [0.5, 0.6) is 5.75 Å². The van der Waals surface area contributed by atoms with Crippen LogP contribution in [-0.2, 0) is 9.59 Å². The molecule has 1 aromatic heterocycles. The van der Waals surface area contributed by atoms with Gasteiger partial charge in [-0.2, -0.15) is 0 Å². The molecule has 3 rings (SSSR count). The first-order valence-corrected chi connectivity index (χ1v) is 9.86. The highest BCUT2D eigenvalue weighted by Crippen LogP contribution is 2.30. The topological polar surface area (TPSA) is 91.5 Å². The van der Waals surface area contributed by atoms with Gasteiger partial charge in [0, 0.05) is 38.8 Å². The molecule has 0 aliphatic heterocycles. The number of nitrogens with one attached hydrogen (secondary N) is 2. The van der Waals surface area contributed by atoms with E-state index in [4.69, 9.17) is 4.74 Å². The second kappa shape index (κ2) is 9.30. The summed E-state index contributed by atoms with van der Waals surface area (Å²) in [4.78, 5) is 40.0. The summed E-state index contributed by atoms with van der Waals surface area (Å²) >= 11 is 0. The van der Waals surface area contributed by atoms with Crippen molar-refractivity contribution in [2.45, 2.75) is 13.8 Å². The van der Waals surface area contributed by atoms with Gasteiger partial charge in [0.15, 0.2) is 5.76 Å². The highest BCUT2D eigenvalue weighted by atomic mass is 16.5. The molecule has 7 heteroatoms. The minimum Gasteiger partial charge on any atom is -0.452 e. The third kappa shape index (κ3) is 5.01. The molecule has 0 aliphatic carbocycles. The molecule has 3 aromatic rings. The van der Waals surface area contributed by atoms with Gasteiger partial charge in [-0.15, -0.1) is 0 Å². The Morgan fingerprint density at radius 1 is 1.13 bits per heavy atom. The fraction of sp³-hybridized carbons (Fsp3) is 0.208. The molecule has 0 fully saturated rings. The number of aromatic amines is 1. The van der Waals surface area contributed by atoms with Gasteiger partial charge in [0.05, 0.1) is 5.39 Å². The summed E-state index contributed by atoms with van der Waals surface area (Å²) in [5.41, 5.74) is 2.78. The Morgan fingerprint density at radius 2 is 1.87 bits per heavy atom. The van der Waals surface area contributed by atoms with E-state index in [1.807, 2.05) is 31.2 Å². The molecule has 0 saturated carbocycles. The molecular formula is C24H25N3O4. The maximum atomic E-state index is 12.5. The average Bonchev–Trinajstić information content (AvgIpc) is 2.74. The zero-order valence-electron chi connectivity index (χ0n) is 17.8. The lowest BCUT2D eigenvalue weighted by molar-refractivity contribution is -0.128. The summed E-state index contributed by atoms with van der Waals surface area (Å²) < 4.78 is 5.63. The third-order valence-corrected chi connectivity index (χ3v) is 4.96. The lowest BCUT2D eigenvalue weighted by atomic mass is 9.97. The number of ether oxygens (including phenoxy) is 1. The summed E-state index contributed by atoms with van der Waals surface area (Å²) in [5.74, 6) is -0.305. The third-order valence-electron chi connectivity index (χ3n) is 4.96. The minimum absolute atomic E-state index is 0.0730. The average molecular weight is 419 g/mol. The Kier molecular flexibility index (Phi) is 6.55. The van der Waals surface area contributed by atoms with E-state index < -0.39 is 5.91 Å². The van der Waals surface area contributed by atoms with Gasteiger partial charge in [-0.3, -0.25) is 14.4 Å². The van der Waals surface area contributed by atoms with Gasteiger partial charge in [-0.1, -0.05) is 30.8 Å². The van der Waals surface area contributed by atoms with Crippen molar-refractivity contribution >= 4 is 22.6 Å². The van der Waals surface area contributed by atoms with E-state index in [0.29, 0.717) is 24.2 Å². The Morgan fingerprint density at radius 3 is 2.58 bits per heavy atom. The zero-order valence-corrected chi connectivity index (χ0v) is 17.8. The second-order valence-electron chi connectivity index (χ2n) is 7.29. The van der Waals surface area contributed by atoms with E-state index in [1.54, 1.807) is 31.4 Å². The molecule has 160 valence electrons. The van der Waals surface area contributed by atoms with E-state index in [-0.39, 0.29) is 17.2 Å². The molecule has 7 nitrogen and oxygen atoms in total. The van der Waals surface area contributed by atoms with Crippen molar-refractivity contribution in [1.29, 1.82) is 0 Å². The van der Waals surface area contributed by atoms with Crippen LogP contribution in [0, 0.1) is 6.92 Å². The van der Waals surface area contributed by atoms with Gasteiger partial charge in [0.2, 0.25) is 5.91 Å². The predicted octanol–water partition coefficient (Wildman–Crippen LogP) is 2.99. The quantitative estimate of drug-likeness (QED) is 0.455. The van der Waals surface area contributed by atoms with Crippen LogP contribution in [0.3, 0.4) is 0 Å². The van der Waals surface area contributed by atoms with Crippen LogP contribution in [0.25, 0.3) is 21.9 Å². The number of hydrogen-bond donors (Lipinski definition) is 2. The zero-order chi connectivity index (χ0) is 22.5. The molecule has 0 spiro atoms. The Hall–Kier alpha value is -3.87. The minimum atomic E-state index is -0.409. The van der Waals surface area contributed by atoms with Crippen LogP contribution in [0.4, 0.5) is 0 Å². The summed E-state index contributed by atoms with van der Waals surface area (Å²) in [6.45, 7) is 7.78. The van der Waals surface area contributed by atoms with Crippen molar-refractivity contribution in [3.63, 3.8) is 0 Å². The molecule has 2 aromatic carbocycles. The van der Waals surface area contributed by atoms with Crippen LogP contribution in [0.2, 0.25) is 0 Å². The van der Waals surface area contributed by atoms with E-state index in [1.165, 1.54) is 11.8 Å². The Bertz CT molecular complexity index is 1210. The van der Waals surface area contributed by atoms with Gasteiger partial charge >= 0.3 is 0 Å². The summed E-state index contributed by atoms with van der Waals surface area (Å²) in [6, 6.07) is 13.1. The maximum absolute atomic E-state index is 12.5. The smallest absolute Gasteiger partial charge is 0.288 e. The van der Waals surface area contributed by atoms with Crippen LogP contribution < -0.4 is 15.6 Å². The lowest BCUT2D eigenvalue weighted by Crippen LogP contribution is -2.36. The molecule has 0 atom stereocenters. The van der Waals surface area contributed by atoms with Crippen molar-refractivity contribution in [1.82, 2.24) is 15.2 Å². The molecule has 2 amide bonds. The number of H-pyrrole nitrogens is 1. The number of aryl methyl sites for hydroxylation is 1. The van der Waals surface area contributed by atoms with Crippen molar-refractivity contribution < 1.29 is 14.3 Å². The van der Waals surface area contributed by atoms with Crippen molar-refractivity contribution in [2.75, 3.05) is 20.1 Å². The number of nitrogens with zero attached hydrogens (tertiary/aromatic N) is 1. The molecule has 0 bridgehead atoms. The maximum Gasteiger partial charge on any atom is 0.288 e. The van der Waals surface area contributed by atoms with Crippen LogP contribution in [0.15, 0.2) is 65.8 Å². The molecule has 31 heavy (non-hydrogen) atoms. The molecule has 2 N–H and O–H groups in total. The summed E-state index contributed by atoms with van der Waals surface area (Å²) in [5, 5.41) is 3.87. The van der Waals surface area contributed by atoms with Gasteiger partial charge in [-0.05, 0) is 41.6 Å². The number of likely N-dealkylation sites (N-methyl/N-ethyl adjacent to an activating group) is 1. The van der Waals surface area contributed by atoms with Crippen molar-refractivity contribution in [3.8, 4) is 16.9 Å². The number of carbonyl (C=O) groups excluding carboxylic acids is 2. The fourth-order valence-electron chi connectivity index (χ4n) is 3.30. The number of carbonyl (C=O) groups is 2. The molecule has 0 aliphatic rings.